The molecule has 0 bridgehead atoms. The lowest BCUT2D eigenvalue weighted by atomic mass is 10.2. The van der Waals surface area contributed by atoms with Crippen molar-refractivity contribution in [1.29, 1.82) is 0 Å². The zero-order valence-electron chi connectivity index (χ0n) is 8.54. The van der Waals surface area contributed by atoms with Gasteiger partial charge in [0.2, 0.25) is 0 Å². The summed E-state index contributed by atoms with van der Waals surface area (Å²) in [5, 5.41) is 2.77. The number of halogens is 2. The van der Waals surface area contributed by atoms with Crippen molar-refractivity contribution in [3.05, 3.63) is 43.5 Å². The molecular formula is C11H8Br2N2OS. The third-order valence-corrected chi connectivity index (χ3v) is 4.45. The molecule has 88 valence electrons. The van der Waals surface area contributed by atoms with Gasteiger partial charge in [-0.05, 0) is 50.1 Å². The number of nitrogens with two attached hydrogens (primary N) is 1. The highest BCUT2D eigenvalue weighted by Crippen LogP contribution is 2.32. The second-order valence-corrected chi connectivity index (χ2v) is 7.03. The van der Waals surface area contributed by atoms with Gasteiger partial charge in [-0.1, -0.05) is 12.1 Å². The molecule has 0 aliphatic rings. The molecule has 6 heteroatoms. The molecule has 0 unspecified atom stereocenters. The Kier molecular flexibility index (Phi) is 3.86. The number of hydrogen-bond donors (Lipinski definition) is 2. The fourth-order valence-electron chi connectivity index (χ4n) is 1.30. The first-order valence-corrected chi connectivity index (χ1v) is 7.09. The fraction of sp³-hybridized carbons (Fsp3) is 0. The molecule has 0 saturated carbocycles. The van der Waals surface area contributed by atoms with E-state index in [-0.39, 0.29) is 5.91 Å². The summed E-state index contributed by atoms with van der Waals surface area (Å²) in [6.45, 7) is 0. The van der Waals surface area contributed by atoms with Gasteiger partial charge in [-0.15, -0.1) is 11.3 Å². The molecule has 0 spiro atoms. The quantitative estimate of drug-likeness (QED) is 0.776. The summed E-state index contributed by atoms with van der Waals surface area (Å²) < 4.78 is 1.69. The van der Waals surface area contributed by atoms with E-state index < -0.39 is 0 Å². The lowest BCUT2D eigenvalue weighted by Gasteiger charge is -2.06. The molecule has 3 nitrogen and oxygen atoms in total. The van der Waals surface area contributed by atoms with Crippen molar-refractivity contribution in [1.82, 2.24) is 0 Å². The zero-order chi connectivity index (χ0) is 12.4. The number of hydrogen-bond acceptors (Lipinski definition) is 3. The van der Waals surface area contributed by atoms with Crippen LogP contribution in [0.5, 0.6) is 0 Å². The maximum atomic E-state index is 12.0. The van der Waals surface area contributed by atoms with Crippen molar-refractivity contribution >= 4 is 60.5 Å². The van der Waals surface area contributed by atoms with Gasteiger partial charge in [0.15, 0.2) is 0 Å². The van der Waals surface area contributed by atoms with E-state index in [1.807, 2.05) is 12.1 Å². The number of benzene rings is 1. The normalized spacial score (nSPS) is 10.2. The van der Waals surface area contributed by atoms with Gasteiger partial charge in [0.1, 0.15) is 0 Å². The Morgan fingerprint density at radius 2 is 2.00 bits per heavy atom. The number of anilines is 2. The van der Waals surface area contributed by atoms with Gasteiger partial charge in [0.05, 0.1) is 24.5 Å². The fourth-order valence-corrected chi connectivity index (χ4v) is 4.09. The summed E-state index contributed by atoms with van der Waals surface area (Å²) in [5.74, 6) is -0.184. The Labute approximate surface area is 119 Å². The second kappa shape index (κ2) is 5.20. The van der Waals surface area contributed by atoms with Gasteiger partial charge < -0.3 is 11.1 Å². The van der Waals surface area contributed by atoms with Crippen LogP contribution in [-0.2, 0) is 0 Å². The third kappa shape index (κ3) is 2.88. The number of para-hydroxylation sites is 2. The minimum Gasteiger partial charge on any atom is -0.397 e. The second-order valence-electron chi connectivity index (χ2n) is 3.28. The number of rotatable bonds is 2. The van der Waals surface area contributed by atoms with E-state index in [0.29, 0.717) is 16.9 Å². The van der Waals surface area contributed by atoms with E-state index in [1.165, 1.54) is 11.3 Å². The molecule has 0 saturated heterocycles. The monoisotopic (exact) mass is 374 g/mol. The average molecular weight is 376 g/mol. The summed E-state index contributed by atoms with van der Waals surface area (Å²) in [5.41, 5.74) is 7.51. The van der Waals surface area contributed by atoms with Crippen molar-refractivity contribution in [2.24, 2.45) is 0 Å². The number of carbonyl (C=O) groups is 1. The molecular weight excluding hydrogens is 368 g/mol. The minimum atomic E-state index is -0.184. The Morgan fingerprint density at radius 1 is 1.29 bits per heavy atom. The molecule has 1 amide bonds. The summed E-state index contributed by atoms with van der Waals surface area (Å²) in [7, 11) is 0. The molecule has 0 fully saturated rings. The first-order valence-electron chi connectivity index (χ1n) is 4.68. The van der Waals surface area contributed by atoms with Crippen LogP contribution in [0.4, 0.5) is 11.4 Å². The number of thiophene rings is 1. The zero-order valence-corrected chi connectivity index (χ0v) is 12.5. The van der Waals surface area contributed by atoms with Crippen molar-refractivity contribution in [2.45, 2.75) is 0 Å². The van der Waals surface area contributed by atoms with E-state index >= 15 is 0 Å². The molecule has 0 aliphatic carbocycles. The van der Waals surface area contributed by atoms with E-state index in [0.717, 1.165) is 7.57 Å². The smallest absolute Gasteiger partial charge is 0.257 e. The van der Waals surface area contributed by atoms with Crippen molar-refractivity contribution in [3.63, 3.8) is 0 Å². The highest BCUT2D eigenvalue weighted by atomic mass is 79.9. The topological polar surface area (TPSA) is 55.1 Å². The molecule has 0 atom stereocenters. The minimum absolute atomic E-state index is 0.184. The van der Waals surface area contributed by atoms with Crippen LogP contribution in [-0.4, -0.2) is 5.91 Å². The van der Waals surface area contributed by atoms with Gasteiger partial charge in [-0.3, -0.25) is 4.79 Å². The standard InChI is InChI=1S/C11H8Br2N2OS/c12-9-5-6(10(13)17-9)11(16)15-8-4-2-1-3-7(8)14/h1-5H,14H2,(H,15,16). The molecule has 2 aromatic rings. The number of amides is 1. The summed E-state index contributed by atoms with van der Waals surface area (Å²) in [6, 6.07) is 8.92. The van der Waals surface area contributed by atoms with Gasteiger partial charge in [-0.2, -0.15) is 0 Å². The Bertz CT molecular complexity index is 568. The molecule has 3 N–H and O–H groups in total. The molecule has 0 aliphatic heterocycles. The average Bonchev–Trinajstić information content (AvgIpc) is 2.61. The Hall–Kier alpha value is -0.850. The SMILES string of the molecule is Nc1ccccc1NC(=O)c1cc(Br)sc1Br. The van der Waals surface area contributed by atoms with Crippen LogP contribution >= 0.6 is 43.2 Å². The van der Waals surface area contributed by atoms with E-state index in [1.54, 1.807) is 18.2 Å². The predicted molar refractivity (Wildman–Crippen MR) is 78.5 cm³/mol. The van der Waals surface area contributed by atoms with Gasteiger partial charge in [0, 0.05) is 0 Å². The Morgan fingerprint density at radius 3 is 2.59 bits per heavy atom. The summed E-state index contributed by atoms with van der Waals surface area (Å²) in [4.78, 5) is 12.0. The lowest BCUT2D eigenvalue weighted by Crippen LogP contribution is -2.12. The predicted octanol–water partition coefficient (Wildman–Crippen LogP) is 4.11. The molecule has 1 heterocycles. The van der Waals surface area contributed by atoms with Gasteiger partial charge in [0.25, 0.3) is 5.91 Å². The van der Waals surface area contributed by atoms with Crippen LogP contribution in [0.2, 0.25) is 0 Å². The molecule has 0 radical (unpaired) electrons. The molecule has 17 heavy (non-hydrogen) atoms. The number of carbonyl (C=O) groups excluding carboxylic acids is 1. The molecule has 1 aromatic carbocycles. The van der Waals surface area contributed by atoms with E-state index in [9.17, 15) is 4.79 Å². The van der Waals surface area contributed by atoms with Crippen LogP contribution in [0.1, 0.15) is 10.4 Å². The first kappa shape index (κ1) is 12.6. The van der Waals surface area contributed by atoms with Gasteiger partial charge >= 0.3 is 0 Å². The number of nitrogen functional groups attached to an aromatic ring is 1. The highest BCUT2D eigenvalue weighted by Gasteiger charge is 2.14. The number of nitrogens with one attached hydrogen (secondary N) is 1. The largest absolute Gasteiger partial charge is 0.397 e. The lowest BCUT2D eigenvalue weighted by molar-refractivity contribution is 0.102. The van der Waals surface area contributed by atoms with Crippen molar-refractivity contribution < 1.29 is 4.79 Å². The third-order valence-electron chi connectivity index (χ3n) is 2.11. The van der Waals surface area contributed by atoms with E-state index in [4.69, 9.17) is 5.73 Å². The molecule has 2 rings (SSSR count). The van der Waals surface area contributed by atoms with Crippen LogP contribution in [0.15, 0.2) is 37.9 Å². The Balaban J connectivity index is 2.23. The summed E-state index contributed by atoms with van der Waals surface area (Å²) in [6.07, 6.45) is 0. The van der Waals surface area contributed by atoms with Crippen LogP contribution in [0.3, 0.4) is 0 Å². The maximum absolute atomic E-state index is 12.0. The van der Waals surface area contributed by atoms with Crippen LogP contribution in [0.25, 0.3) is 0 Å². The van der Waals surface area contributed by atoms with E-state index in [2.05, 4.69) is 37.2 Å². The van der Waals surface area contributed by atoms with Crippen molar-refractivity contribution in [2.75, 3.05) is 11.1 Å². The van der Waals surface area contributed by atoms with Crippen molar-refractivity contribution in [3.8, 4) is 0 Å². The first-order chi connectivity index (χ1) is 8.08. The maximum Gasteiger partial charge on any atom is 0.257 e. The molecule has 1 aromatic heterocycles. The van der Waals surface area contributed by atoms with Crippen LogP contribution < -0.4 is 11.1 Å². The van der Waals surface area contributed by atoms with Gasteiger partial charge in [-0.25, -0.2) is 0 Å². The summed E-state index contributed by atoms with van der Waals surface area (Å²) >= 11 is 8.13. The van der Waals surface area contributed by atoms with Crippen LogP contribution in [0, 0.1) is 0 Å². The highest BCUT2D eigenvalue weighted by molar-refractivity contribution is 9.12.